The summed E-state index contributed by atoms with van der Waals surface area (Å²) in [5, 5.41) is 0. The SMILES string of the molecule is CC(C)(N)CC1(C2CCCC2)COC1. The summed E-state index contributed by atoms with van der Waals surface area (Å²) in [5.41, 5.74) is 6.55. The standard InChI is InChI=1S/C12H23NO/c1-11(2,13)7-12(8-14-9-12)10-5-3-4-6-10/h10H,3-9,13H2,1-2H3. The van der Waals surface area contributed by atoms with Gasteiger partial charge in [-0.1, -0.05) is 12.8 Å². The van der Waals surface area contributed by atoms with Gasteiger partial charge in [0, 0.05) is 11.0 Å². The van der Waals surface area contributed by atoms with Gasteiger partial charge in [-0.25, -0.2) is 0 Å². The van der Waals surface area contributed by atoms with Crippen LogP contribution >= 0.6 is 0 Å². The van der Waals surface area contributed by atoms with Crippen LogP contribution in [0.15, 0.2) is 0 Å². The molecule has 82 valence electrons. The average molecular weight is 197 g/mol. The van der Waals surface area contributed by atoms with E-state index < -0.39 is 0 Å². The fourth-order valence-electron chi connectivity index (χ4n) is 3.29. The number of hydrogen-bond donors (Lipinski definition) is 1. The van der Waals surface area contributed by atoms with Gasteiger partial charge < -0.3 is 10.5 Å². The highest BCUT2D eigenvalue weighted by Gasteiger charge is 2.48. The fourth-order valence-corrected chi connectivity index (χ4v) is 3.29. The molecule has 0 unspecified atom stereocenters. The molecule has 2 heteroatoms. The van der Waals surface area contributed by atoms with Crippen molar-refractivity contribution in [3.05, 3.63) is 0 Å². The second-order valence-electron chi connectivity index (χ2n) is 6.00. The van der Waals surface area contributed by atoms with Crippen molar-refractivity contribution in [1.82, 2.24) is 0 Å². The Balaban J connectivity index is 2.01. The van der Waals surface area contributed by atoms with Gasteiger partial charge in [0.1, 0.15) is 0 Å². The molecule has 0 atom stereocenters. The predicted molar refractivity (Wildman–Crippen MR) is 58.1 cm³/mol. The number of nitrogens with two attached hydrogens (primary N) is 1. The lowest BCUT2D eigenvalue weighted by Crippen LogP contribution is -2.53. The van der Waals surface area contributed by atoms with E-state index in [1.54, 1.807) is 0 Å². The molecule has 0 aromatic heterocycles. The van der Waals surface area contributed by atoms with Crippen molar-refractivity contribution < 1.29 is 4.74 Å². The second kappa shape index (κ2) is 3.49. The quantitative estimate of drug-likeness (QED) is 0.753. The van der Waals surface area contributed by atoms with E-state index in [2.05, 4.69) is 13.8 Å². The molecule has 1 saturated heterocycles. The maximum absolute atomic E-state index is 6.14. The molecule has 0 spiro atoms. The van der Waals surface area contributed by atoms with Crippen molar-refractivity contribution >= 4 is 0 Å². The number of hydrogen-bond acceptors (Lipinski definition) is 2. The van der Waals surface area contributed by atoms with Gasteiger partial charge in [0.15, 0.2) is 0 Å². The van der Waals surface area contributed by atoms with Gasteiger partial charge in [-0.15, -0.1) is 0 Å². The third-order valence-electron chi connectivity index (χ3n) is 3.81. The lowest BCUT2D eigenvalue weighted by molar-refractivity contribution is -0.156. The zero-order chi connectivity index (χ0) is 10.2. The van der Waals surface area contributed by atoms with Gasteiger partial charge >= 0.3 is 0 Å². The molecule has 2 aliphatic rings. The van der Waals surface area contributed by atoms with E-state index in [-0.39, 0.29) is 5.54 Å². The highest BCUT2D eigenvalue weighted by atomic mass is 16.5. The van der Waals surface area contributed by atoms with Gasteiger partial charge in [-0.3, -0.25) is 0 Å². The van der Waals surface area contributed by atoms with Crippen LogP contribution in [-0.2, 0) is 4.74 Å². The summed E-state index contributed by atoms with van der Waals surface area (Å²) in [6.07, 6.45) is 6.76. The largest absolute Gasteiger partial charge is 0.380 e. The molecule has 0 amide bonds. The molecule has 0 aromatic carbocycles. The van der Waals surface area contributed by atoms with Crippen LogP contribution in [-0.4, -0.2) is 18.8 Å². The third-order valence-corrected chi connectivity index (χ3v) is 3.81. The molecule has 2 N–H and O–H groups in total. The molecule has 1 aliphatic heterocycles. The fraction of sp³-hybridized carbons (Fsp3) is 1.00. The van der Waals surface area contributed by atoms with Crippen LogP contribution in [0.2, 0.25) is 0 Å². The Morgan fingerprint density at radius 2 is 1.86 bits per heavy atom. The van der Waals surface area contributed by atoms with Crippen molar-refractivity contribution in [1.29, 1.82) is 0 Å². The van der Waals surface area contributed by atoms with E-state index in [1.165, 1.54) is 25.7 Å². The molecule has 1 heterocycles. The van der Waals surface area contributed by atoms with E-state index in [1.807, 2.05) is 0 Å². The van der Waals surface area contributed by atoms with Crippen LogP contribution < -0.4 is 5.73 Å². The lowest BCUT2D eigenvalue weighted by atomic mass is 9.66. The lowest BCUT2D eigenvalue weighted by Gasteiger charge is -2.49. The zero-order valence-electron chi connectivity index (χ0n) is 9.51. The van der Waals surface area contributed by atoms with Gasteiger partial charge in [0.25, 0.3) is 0 Å². The van der Waals surface area contributed by atoms with Crippen LogP contribution in [0.4, 0.5) is 0 Å². The van der Waals surface area contributed by atoms with Crippen molar-refractivity contribution in [2.45, 2.75) is 51.5 Å². The second-order valence-corrected chi connectivity index (χ2v) is 6.00. The molecule has 14 heavy (non-hydrogen) atoms. The Morgan fingerprint density at radius 3 is 2.21 bits per heavy atom. The molecular weight excluding hydrogens is 174 g/mol. The van der Waals surface area contributed by atoms with Crippen molar-refractivity contribution in [3.63, 3.8) is 0 Å². The Bertz CT molecular complexity index is 197. The first-order valence-corrected chi connectivity index (χ1v) is 5.89. The maximum atomic E-state index is 6.14. The normalized spacial score (nSPS) is 27.6. The Kier molecular flexibility index (Phi) is 2.61. The van der Waals surface area contributed by atoms with Crippen LogP contribution in [0, 0.1) is 11.3 Å². The molecular formula is C12H23NO. The minimum Gasteiger partial charge on any atom is -0.380 e. The number of rotatable bonds is 3. The Hall–Kier alpha value is -0.0800. The average Bonchev–Trinajstić information content (AvgIpc) is 2.46. The maximum Gasteiger partial charge on any atom is 0.0548 e. The summed E-state index contributed by atoms with van der Waals surface area (Å²) in [7, 11) is 0. The van der Waals surface area contributed by atoms with Crippen LogP contribution in [0.3, 0.4) is 0 Å². The minimum atomic E-state index is -0.0353. The monoisotopic (exact) mass is 197 g/mol. The summed E-state index contributed by atoms with van der Waals surface area (Å²) >= 11 is 0. The van der Waals surface area contributed by atoms with Gasteiger partial charge in [0.2, 0.25) is 0 Å². The molecule has 2 fully saturated rings. The molecule has 2 nitrogen and oxygen atoms in total. The minimum absolute atomic E-state index is 0.0353. The first-order valence-electron chi connectivity index (χ1n) is 5.89. The predicted octanol–water partition coefficient (Wildman–Crippen LogP) is 2.32. The summed E-state index contributed by atoms with van der Waals surface area (Å²) in [6.45, 7) is 6.20. The van der Waals surface area contributed by atoms with Crippen LogP contribution in [0.5, 0.6) is 0 Å². The summed E-state index contributed by atoms with van der Waals surface area (Å²) in [6, 6.07) is 0. The van der Waals surface area contributed by atoms with Crippen LogP contribution in [0.1, 0.15) is 46.0 Å². The highest BCUT2D eigenvalue weighted by Crippen LogP contribution is 2.48. The molecule has 0 bridgehead atoms. The van der Waals surface area contributed by atoms with Gasteiger partial charge in [0.05, 0.1) is 13.2 Å². The van der Waals surface area contributed by atoms with E-state index >= 15 is 0 Å². The first-order chi connectivity index (χ1) is 6.52. The summed E-state index contributed by atoms with van der Waals surface area (Å²) < 4.78 is 5.44. The van der Waals surface area contributed by atoms with Gasteiger partial charge in [-0.05, 0) is 39.0 Å². The van der Waals surface area contributed by atoms with Crippen molar-refractivity contribution in [3.8, 4) is 0 Å². The topological polar surface area (TPSA) is 35.2 Å². The summed E-state index contributed by atoms with van der Waals surface area (Å²) in [4.78, 5) is 0. The van der Waals surface area contributed by atoms with E-state index in [4.69, 9.17) is 10.5 Å². The van der Waals surface area contributed by atoms with Gasteiger partial charge in [-0.2, -0.15) is 0 Å². The first kappa shape index (κ1) is 10.4. The summed E-state index contributed by atoms with van der Waals surface area (Å²) in [5.74, 6) is 0.888. The van der Waals surface area contributed by atoms with Crippen LogP contribution in [0.25, 0.3) is 0 Å². The highest BCUT2D eigenvalue weighted by molar-refractivity contribution is 4.98. The van der Waals surface area contributed by atoms with Crippen molar-refractivity contribution in [2.75, 3.05) is 13.2 Å². The smallest absolute Gasteiger partial charge is 0.0548 e. The molecule has 0 aromatic rings. The molecule has 2 rings (SSSR count). The zero-order valence-corrected chi connectivity index (χ0v) is 9.51. The van der Waals surface area contributed by atoms with Crippen molar-refractivity contribution in [2.24, 2.45) is 17.1 Å². The van der Waals surface area contributed by atoms with E-state index in [9.17, 15) is 0 Å². The number of ether oxygens (including phenoxy) is 1. The Labute approximate surface area is 87.2 Å². The molecule has 1 aliphatic carbocycles. The molecule has 1 saturated carbocycles. The third kappa shape index (κ3) is 1.96. The van der Waals surface area contributed by atoms with E-state index in [0.29, 0.717) is 5.41 Å². The van der Waals surface area contributed by atoms with E-state index in [0.717, 1.165) is 25.6 Å². The Morgan fingerprint density at radius 1 is 1.29 bits per heavy atom. The molecule has 0 radical (unpaired) electrons.